The maximum absolute atomic E-state index is 12.3. The van der Waals surface area contributed by atoms with Gasteiger partial charge in [0.15, 0.2) is 0 Å². The van der Waals surface area contributed by atoms with Crippen molar-refractivity contribution in [1.29, 1.82) is 5.26 Å². The van der Waals surface area contributed by atoms with Gasteiger partial charge in [-0.15, -0.1) is 0 Å². The molecular weight excluding hydrogens is 310 g/mol. The number of nitrogens with two attached hydrogens (primary N) is 1. The van der Waals surface area contributed by atoms with Crippen LogP contribution in [-0.2, 0) is 0 Å². The highest BCUT2D eigenvalue weighted by atomic mass is 79.9. The summed E-state index contributed by atoms with van der Waals surface area (Å²) in [5.74, 6) is 0. The smallest absolute Gasteiger partial charge is 0.308 e. The first-order chi connectivity index (χ1) is 9.10. The Morgan fingerprint density at radius 1 is 1.21 bits per heavy atom. The summed E-state index contributed by atoms with van der Waals surface area (Å²) in [5.41, 5.74) is 7.71. The highest BCUT2D eigenvalue weighted by molar-refractivity contribution is 9.10. The van der Waals surface area contributed by atoms with Crippen LogP contribution in [0.5, 0.6) is 0 Å². The number of nitrogen functional groups attached to an aromatic ring is 1. The average Bonchev–Trinajstić information content (AvgIpc) is 2.40. The van der Waals surface area contributed by atoms with E-state index in [-0.39, 0.29) is 11.3 Å². The third-order valence-corrected chi connectivity index (χ3v) is 3.32. The van der Waals surface area contributed by atoms with Gasteiger partial charge in [-0.05, 0) is 12.1 Å². The summed E-state index contributed by atoms with van der Waals surface area (Å²) in [7, 11) is 0. The van der Waals surface area contributed by atoms with Gasteiger partial charge in [-0.3, -0.25) is 0 Å². The van der Waals surface area contributed by atoms with E-state index in [2.05, 4.69) is 15.9 Å². The zero-order valence-corrected chi connectivity index (χ0v) is 11.1. The van der Waals surface area contributed by atoms with Crippen molar-refractivity contribution in [2.75, 3.05) is 5.73 Å². The lowest BCUT2D eigenvalue weighted by Crippen LogP contribution is -2.16. The van der Waals surface area contributed by atoms with Crippen LogP contribution in [0, 0.1) is 16.2 Å². The quantitative estimate of drug-likeness (QED) is 0.392. The van der Waals surface area contributed by atoms with E-state index in [1.807, 2.05) is 6.07 Å². The first kappa shape index (κ1) is 11.7. The molecule has 2 aromatic carbocycles. The second-order valence-electron chi connectivity index (χ2n) is 4.03. The van der Waals surface area contributed by atoms with Crippen LogP contribution in [0.25, 0.3) is 22.2 Å². The minimum atomic E-state index is 0.254. The van der Waals surface area contributed by atoms with Crippen LogP contribution in [0.3, 0.4) is 0 Å². The van der Waals surface area contributed by atoms with Crippen molar-refractivity contribution in [2.45, 2.75) is 0 Å². The SMILES string of the molecule is N#Cc1cc2oc3ccc(Br)cc3[n+](=O)c2cc1N. The average molecular weight is 317 g/mol. The van der Waals surface area contributed by atoms with Crippen molar-refractivity contribution in [1.82, 2.24) is 0 Å². The highest BCUT2D eigenvalue weighted by Gasteiger charge is 2.18. The first-order valence-corrected chi connectivity index (χ1v) is 6.18. The van der Waals surface area contributed by atoms with E-state index < -0.39 is 0 Å². The Balaban J connectivity index is 2.55. The molecular formula is C13H7BrN3O2+. The van der Waals surface area contributed by atoms with E-state index in [1.54, 1.807) is 18.2 Å². The first-order valence-electron chi connectivity index (χ1n) is 5.38. The number of rotatable bonds is 0. The van der Waals surface area contributed by atoms with E-state index in [0.29, 0.717) is 22.2 Å². The Morgan fingerprint density at radius 3 is 2.68 bits per heavy atom. The Bertz CT molecular complexity index is 925. The van der Waals surface area contributed by atoms with Gasteiger partial charge in [-0.1, -0.05) is 15.9 Å². The van der Waals surface area contributed by atoms with Crippen molar-refractivity contribution >= 4 is 43.8 Å². The number of nitrogens with zero attached hydrogens (tertiary/aromatic N) is 2. The molecule has 0 atom stereocenters. The van der Waals surface area contributed by atoms with Crippen LogP contribution in [0.15, 0.2) is 39.2 Å². The summed E-state index contributed by atoms with van der Waals surface area (Å²) in [4.78, 5) is 12.3. The standard InChI is InChI=1S/C13H7BrN3O2/c14-8-1-2-12-10(4-8)17(18)11-5-9(16)7(6-15)3-13(11)19-12/h1-5H,16H2/q+1. The van der Waals surface area contributed by atoms with Crippen LogP contribution in [-0.4, -0.2) is 0 Å². The third kappa shape index (κ3) is 1.75. The van der Waals surface area contributed by atoms with Crippen LogP contribution in [0.1, 0.15) is 5.56 Å². The molecule has 0 aliphatic rings. The summed E-state index contributed by atoms with van der Waals surface area (Å²) >= 11 is 3.31. The van der Waals surface area contributed by atoms with E-state index in [1.165, 1.54) is 12.1 Å². The molecule has 3 rings (SSSR count). The van der Waals surface area contributed by atoms with E-state index in [4.69, 9.17) is 15.4 Å². The Kier molecular flexibility index (Phi) is 2.50. The molecule has 3 aromatic rings. The van der Waals surface area contributed by atoms with Gasteiger partial charge < -0.3 is 10.2 Å². The monoisotopic (exact) mass is 316 g/mol. The van der Waals surface area contributed by atoms with Gasteiger partial charge in [-0.25, -0.2) is 0 Å². The topological polar surface area (TPSA) is 85.9 Å². The predicted molar refractivity (Wildman–Crippen MR) is 73.9 cm³/mol. The lowest BCUT2D eigenvalue weighted by molar-refractivity contribution is -0.433. The molecule has 0 unspecified atom stereocenters. The second-order valence-corrected chi connectivity index (χ2v) is 4.94. The summed E-state index contributed by atoms with van der Waals surface area (Å²) in [6.07, 6.45) is 0. The van der Waals surface area contributed by atoms with Crippen LogP contribution >= 0.6 is 15.9 Å². The van der Waals surface area contributed by atoms with Crippen molar-refractivity contribution < 1.29 is 8.84 Å². The molecule has 6 heteroatoms. The predicted octanol–water partition coefficient (Wildman–Crippen LogP) is 2.72. The molecule has 1 heterocycles. The van der Waals surface area contributed by atoms with Gasteiger partial charge in [0.25, 0.3) is 0 Å². The van der Waals surface area contributed by atoms with E-state index >= 15 is 0 Å². The molecule has 0 fully saturated rings. The number of hydrogen-bond acceptors (Lipinski definition) is 4. The number of hydrogen-bond donors (Lipinski definition) is 1. The second kappa shape index (κ2) is 4.07. The van der Waals surface area contributed by atoms with Crippen molar-refractivity contribution in [3.63, 3.8) is 0 Å². The van der Waals surface area contributed by atoms with Crippen LogP contribution in [0.2, 0.25) is 0 Å². The summed E-state index contributed by atoms with van der Waals surface area (Å²) in [6, 6.07) is 10.0. The lowest BCUT2D eigenvalue weighted by Gasteiger charge is -1.98. The van der Waals surface area contributed by atoms with Crippen LogP contribution < -0.4 is 10.2 Å². The molecule has 0 saturated carbocycles. The molecule has 2 N–H and O–H groups in total. The molecule has 0 saturated heterocycles. The van der Waals surface area contributed by atoms with Crippen LogP contribution in [0.4, 0.5) is 5.69 Å². The molecule has 0 aliphatic heterocycles. The molecule has 0 aliphatic carbocycles. The molecule has 1 aromatic heterocycles. The van der Waals surface area contributed by atoms with Crippen molar-refractivity contribution in [2.24, 2.45) is 0 Å². The van der Waals surface area contributed by atoms with E-state index in [9.17, 15) is 4.91 Å². The minimum absolute atomic E-state index is 0.254. The molecule has 0 amide bonds. The molecule has 92 valence electrons. The lowest BCUT2D eigenvalue weighted by atomic mass is 10.1. The molecule has 5 nitrogen and oxygen atoms in total. The zero-order chi connectivity index (χ0) is 13.6. The minimum Gasteiger partial charge on any atom is -0.443 e. The summed E-state index contributed by atoms with van der Waals surface area (Å²) in [5, 5.41) is 8.93. The number of fused-ring (bicyclic) bond motifs is 2. The fourth-order valence-electron chi connectivity index (χ4n) is 1.91. The fraction of sp³-hybridized carbons (Fsp3) is 0. The maximum atomic E-state index is 12.3. The summed E-state index contributed by atoms with van der Waals surface area (Å²) < 4.78 is 7.16. The maximum Gasteiger partial charge on any atom is 0.308 e. The third-order valence-electron chi connectivity index (χ3n) is 2.83. The fourth-order valence-corrected chi connectivity index (χ4v) is 2.25. The Morgan fingerprint density at radius 2 is 1.95 bits per heavy atom. The molecule has 19 heavy (non-hydrogen) atoms. The van der Waals surface area contributed by atoms with Gasteiger partial charge in [0, 0.05) is 27.6 Å². The van der Waals surface area contributed by atoms with E-state index in [0.717, 1.165) is 8.90 Å². The molecule has 0 bridgehead atoms. The number of anilines is 1. The number of nitriles is 1. The zero-order valence-electron chi connectivity index (χ0n) is 9.55. The normalized spacial score (nSPS) is 10.7. The highest BCUT2D eigenvalue weighted by Crippen LogP contribution is 2.24. The molecule has 0 spiro atoms. The van der Waals surface area contributed by atoms with Gasteiger partial charge in [-0.2, -0.15) is 5.26 Å². The van der Waals surface area contributed by atoms with Crippen molar-refractivity contribution in [3.05, 3.63) is 45.3 Å². The van der Waals surface area contributed by atoms with Gasteiger partial charge in [0.1, 0.15) is 6.07 Å². The number of halogens is 1. The Labute approximate surface area is 115 Å². The summed E-state index contributed by atoms with van der Waals surface area (Å²) in [6.45, 7) is 0. The van der Waals surface area contributed by atoms with Gasteiger partial charge in [0.2, 0.25) is 11.2 Å². The van der Waals surface area contributed by atoms with Crippen molar-refractivity contribution in [3.8, 4) is 6.07 Å². The van der Waals surface area contributed by atoms with Gasteiger partial charge in [0.05, 0.1) is 15.7 Å². The van der Waals surface area contributed by atoms with Gasteiger partial charge >= 0.3 is 11.0 Å². The number of benzene rings is 2. The Hall–Kier alpha value is -2.39. The number of aromatic nitrogens is 1. The largest absolute Gasteiger partial charge is 0.443 e. The molecule has 0 radical (unpaired) electrons.